The Morgan fingerprint density at radius 3 is 2.60 bits per heavy atom. The summed E-state index contributed by atoms with van der Waals surface area (Å²) in [6, 6.07) is 10.4. The number of thiophene rings is 1. The highest BCUT2D eigenvalue weighted by molar-refractivity contribution is 7.09. The highest BCUT2D eigenvalue weighted by atomic mass is 32.1. The van der Waals surface area contributed by atoms with E-state index in [9.17, 15) is 14.4 Å². The quantitative estimate of drug-likeness (QED) is 0.731. The second kappa shape index (κ2) is 9.58. The van der Waals surface area contributed by atoms with Crippen LogP contribution in [0.25, 0.3) is 0 Å². The van der Waals surface area contributed by atoms with Crippen molar-refractivity contribution in [3.05, 3.63) is 52.2 Å². The van der Waals surface area contributed by atoms with Crippen LogP contribution in [0.1, 0.15) is 28.6 Å². The first-order valence-electron chi connectivity index (χ1n) is 7.84. The number of carbonyl (C=O) groups is 3. The third kappa shape index (κ3) is 6.04. The van der Waals surface area contributed by atoms with Crippen LogP contribution < -0.4 is 5.32 Å². The third-order valence-corrected chi connectivity index (χ3v) is 4.15. The summed E-state index contributed by atoms with van der Waals surface area (Å²) >= 11 is 1.57. The van der Waals surface area contributed by atoms with Gasteiger partial charge in [-0.2, -0.15) is 0 Å². The molecule has 0 aliphatic carbocycles. The number of amides is 1. The maximum absolute atomic E-state index is 11.9. The number of carbonyl (C=O) groups excluding carboxylic acids is 3. The molecule has 0 bridgehead atoms. The molecular formula is C18H19NO5S. The molecule has 0 unspecified atom stereocenters. The van der Waals surface area contributed by atoms with E-state index in [-0.39, 0.29) is 18.6 Å². The van der Waals surface area contributed by atoms with Crippen molar-refractivity contribution in [3.63, 3.8) is 0 Å². The molecule has 1 aromatic carbocycles. The average Bonchev–Trinajstić information content (AvgIpc) is 3.12. The van der Waals surface area contributed by atoms with Crippen molar-refractivity contribution in [3.8, 4) is 0 Å². The summed E-state index contributed by atoms with van der Waals surface area (Å²) in [5.41, 5.74) is 0.572. The molecule has 0 atom stereocenters. The van der Waals surface area contributed by atoms with Gasteiger partial charge >= 0.3 is 11.9 Å². The van der Waals surface area contributed by atoms with Crippen molar-refractivity contribution in [2.24, 2.45) is 0 Å². The number of hydrogen-bond donors (Lipinski definition) is 1. The van der Waals surface area contributed by atoms with Crippen LogP contribution in [-0.2, 0) is 25.5 Å². The minimum Gasteiger partial charge on any atom is -0.462 e. The lowest BCUT2D eigenvalue weighted by Crippen LogP contribution is -2.22. The number of para-hydroxylation sites is 1. The van der Waals surface area contributed by atoms with Gasteiger partial charge in [-0.1, -0.05) is 18.2 Å². The summed E-state index contributed by atoms with van der Waals surface area (Å²) in [6.07, 6.45) is 0.803. The lowest BCUT2D eigenvalue weighted by molar-refractivity contribution is -0.147. The van der Waals surface area contributed by atoms with E-state index in [4.69, 9.17) is 9.47 Å². The van der Waals surface area contributed by atoms with E-state index in [1.165, 1.54) is 0 Å². The molecule has 0 spiro atoms. The molecule has 0 fully saturated rings. The SMILES string of the molecule is CCOC(=O)c1ccccc1NC(=O)COC(=O)CCc1cccs1. The van der Waals surface area contributed by atoms with E-state index in [0.29, 0.717) is 12.1 Å². The van der Waals surface area contributed by atoms with Crippen LogP contribution >= 0.6 is 11.3 Å². The number of rotatable bonds is 8. The number of aryl methyl sites for hydroxylation is 1. The van der Waals surface area contributed by atoms with Crippen molar-refractivity contribution in [1.82, 2.24) is 0 Å². The normalized spacial score (nSPS) is 10.1. The van der Waals surface area contributed by atoms with Gasteiger partial charge in [0.05, 0.1) is 24.3 Å². The Bertz CT molecular complexity index is 727. The predicted octanol–water partition coefficient (Wildman–Crippen LogP) is 3.04. The smallest absolute Gasteiger partial charge is 0.340 e. The Kier molecular flexibility index (Phi) is 7.16. The number of nitrogens with one attached hydrogen (secondary N) is 1. The highest BCUT2D eigenvalue weighted by Crippen LogP contribution is 2.16. The summed E-state index contributed by atoms with van der Waals surface area (Å²) in [6.45, 7) is 1.54. The maximum Gasteiger partial charge on any atom is 0.340 e. The van der Waals surface area contributed by atoms with Gasteiger partial charge in [0.1, 0.15) is 0 Å². The second-order valence-corrected chi connectivity index (χ2v) is 6.09. The minimum atomic E-state index is -0.522. The van der Waals surface area contributed by atoms with E-state index in [2.05, 4.69) is 5.32 Å². The van der Waals surface area contributed by atoms with Crippen LogP contribution in [0, 0.1) is 0 Å². The summed E-state index contributed by atoms with van der Waals surface area (Å²) < 4.78 is 9.90. The number of esters is 2. The van der Waals surface area contributed by atoms with Crippen LogP contribution in [-0.4, -0.2) is 31.1 Å². The van der Waals surface area contributed by atoms with Gasteiger partial charge in [-0.3, -0.25) is 9.59 Å². The highest BCUT2D eigenvalue weighted by Gasteiger charge is 2.15. The molecule has 7 heteroatoms. The van der Waals surface area contributed by atoms with Gasteiger partial charge in [0.25, 0.3) is 5.91 Å². The zero-order valence-corrected chi connectivity index (χ0v) is 14.6. The van der Waals surface area contributed by atoms with E-state index < -0.39 is 24.5 Å². The Morgan fingerprint density at radius 1 is 1.08 bits per heavy atom. The fraction of sp³-hybridized carbons (Fsp3) is 0.278. The molecule has 132 valence electrons. The van der Waals surface area contributed by atoms with E-state index >= 15 is 0 Å². The molecule has 1 aromatic heterocycles. The third-order valence-electron chi connectivity index (χ3n) is 3.22. The summed E-state index contributed by atoms with van der Waals surface area (Å²) in [5, 5.41) is 4.50. The topological polar surface area (TPSA) is 81.7 Å². The first-order chi connectivity index (χ1) is 12.1. The molecule has 1 heterocycles. The zero-order valence-electron chi connectivity index (χ0n) is 13.8. The van der Waals surface area contributed by atoms with Gasteiger partial charge in [-0.15, -0.1) is 11.3 Å². The predicted molar refractivity (Wildman–Crippen MR) is 94.6 cm³/mol. The molecule has 0 radical (unpaired) electrons. The molecule has 6 nitrogen and oxygen atoms in total. The van der Waals surface area contributed by atoms with Crippen molar-refractivity contribution < 1.29 is 23.9 Å². The van der Waals surface area contributed by atoms with Crippen molar-refractivity contribution in [2.75, 3.05) is 18.5 Å². The van der Waals surface area contributed by atoms with E-state index in [1.807, 2.05) is 17.5 Å². The van der Waals surface area contributed by atoms with Crippen LogP contribution in [0.15, 0.2) is 41.8 Å². The monoisotopic (exact) mass is 361 g/mol. The number of benzene rings is 1. The molecule has 1 N–H and O–H groups in total. The van der Waals surface area contributed by atoms with Gasteiger partial charge in [0.2, 0.25) is 0 Å². The van der Waals surface area contributed by atoms with Gasteiger partial charge in [0.15, 0.2) is 6.61 Å². The molecule has 25 heavy (non-hydrogen) atoms. The zero-order chi connectivity index (χ0) is 18.1. The maximum atomic E-state index is 11.9. The summed E-state index contributed by atoms with van der Waals surface area (Å²) in [5.74, 6) is -1.48. The Balaban J connectivity index is 1.82. The van der Waals surface area contributed by atoms with Crippen molar-refractivity contribution in [2.45, 2.75) is 19.8 Å². The standard InChI is InChI=1S/C18H19NO5S/c1-2-23-18(22)14-7-3-4-8-15(14)19-16(20)12-24-17(21)10-9-13-6-5-11-25-13/h3-8,11H,2,9-10,12H2,1H3,(H,19,20). The van der Waals surface area contributed by atoms with Crippen LogP contribution in [0.3, 0.4) is 0 Å². The van der Waals surface area contributed by atoms with Gasteiger partial charge < -0.3 is 14.8 Å². The van der Waals surface area contributed by atoms with E-state index in [0.717, 1.165) is 4.88 Å². The lowest BCUT2D eigenvalue weighted by atomic mass is 10.2. The fourth-order valence-electron chi connectivity index (χ4n) is 2.06. The van der Waals surface area contributed by atoms with Crippen molar-refractivity contribution in [1.29, 1.82) is 0 Å². The van der Waals surface area contributed by atoms with Crippen LogP contribution in [0.4, 0.5) is 5.69 Å². The van der Waals surface area contributed by atoms with E-state index in [1.54, 1.807) is 42.5 Å². The first-order valence-corrected chi connectivity index (χ1v) is 8.72. The molecule has 0 aliphatic heterocycles. The minimum absolute atomic E-state index is 0.215. The van der Waals surface area contributed by atoms with Crippen LogP contribution in [0.5, 0.6) is 0 Å². The number of ether oxygens (including phenoxy) is 2. The fourth-order valence-corrected chi connectivity index (χ4v) is 2.77. The molecule has 0 saturated heterocycles. The lowest BCUT2D eigenvalue weighted by Gasteiger charge is -2.10. The van der Waals surface area contributed by atoms with Gasteiger partial charge in [0, 0.05) is 4.88 Å². The number of anilines is 1. The second-order valence-electron chi connectivity index (χ2n) is 5.05. The molecule has 0 saturated carbocycles. The Hall–Kier alpha value is -2.67. The Morgan fingerprint density at radius 2 is 1.88 bits per heavy atom. The Labute approximate surface area is 149 Å². The first kappa shape index (κ1) is 18.7. The summed E-state index contributed by atoms with van der Waals surface area (Å²) in [7, 11) is 0. The molecular weight excluding hydrogens is 342 g/mol. The average molecular weight is 361 g/mol. The number of hydrogen-bond acceptors (Lipinski definition) is 6. The van der Waals surface area contributed by atoms with Gasteiger partial charge in [-0.25, -0.2) is 4.79 Å². The molecule has 0 aliphatic rings. The summed E-state index contributed by atoms with van der Waals surface area (Å²) in [4.78, 5) is 36.6. The largest absolute Gasteiger partial charge is 0.462 e. The van der Waals surface area contributed by atoms with Crippen LogP contribution in [0.2, 0.25) is 0 Å². The molecule has 2 aromatic rings. The molecule has 1 amide bonds. The molecule has 2 rings (SSSR count). The van der Waals surface area contributed by atoms with Crippen molar-refractivity contribution >= 4 is 34.9 Å². The van der Waals surface area contributed by atoms with Gasteiger partial charge in [-0.05, 0) is 36.9 Å².